The first-order valence-electron chi connectivity index (χ1n) is 9.24. The highest BCUT2D eigenvalue weighted by molar-refractivity contribution is 7.80. The summed E-state index contributed by atoms with van der Waals surface area (Å²) >= 11 is 5.25. The maximum atomic E-state index is 12.5. The molecule has 31 heavy (non-hydrogen) atoms. The number of hydrogen-bond acceptors (Lipinski definition) is 7. The van der Waals surface area contributed by atoms with E-state index in [1.54, 1.807) is 30.5 Å². The van der Waals surface area contributed by atoms with E-state index >= 15 is 0 Å². The molecule has 0 radical (unpaired) electrons. The molecule has 0 aliphatic carbocycles. The molecule has 4 aromatic rings. The van der Waals surface area contributed by atoms with Crippen LogP contribution in [0.2, 0.25) is 0 Å². The molecule has 8 nitrogen and oxygen atoms in total. The Morgan fingerprint density at radius 2 is 1.81 bits per heavy atom. The predicted octanol–water partition coefficient (Wildman–Crippen LogP) is 4.03. The minimum atomic E-state index is -0.367. The molecule has 0 atom stereocenters. The molecule has 156 valence electrons. The van der Waals surface area contributed by atoms with Crippen LogP contribution >= 0.6 is 12.2 Å². The van der Waals surface area contributed by atoms with Crippen LogP contribution in [-0.4, -0.2) is 35.2 Å². The Hall–Kier alpha value is -3.98. The van der Waals surface area contributed by atoms with E-state index in [9.17, 15) is 4.79 Å². The Bertz CT molecular complexity index is 1220. The Balaban J connectivity index is 1.41. The first-order chi connectivity index (χ1) is 15.1. The lowest BCUT2D eigenvalue weighted by Gasteiger charge is -2.12. The molecule has 1 amide bonds. The first kappa shape index (κ1) is 20.3. The zero-order chi connectivity index (χ0) is 21.8. The Kier molecular flexibility index (Phi) is 5.76. The highest BCUT2D eigenvalue weighted by atomic mass is 32.1. The molecule has 2 aromatic carbocycles. The van der Waals surface area contributed by atoms with Crippen LogP contribution in [0, 0.1) is 0 Å². The van der Waals surface area contributed by atoms with Gasteiger partial charge in [-0.05, 0) is 66.8 Å². The Morgan fingerprint density at radius 3 is 2.52 bits per heavy atom. The summed E-state index contributed by atoms with van der Waals surface area (Å²) in [7, 11) is 3.04. The van der Waals surface area contributed by atoms with Gasteiger partial charge in [-0.1, -0.05) is 0 Å². The van der Waals surface area contributed by atoms with Gasteiger partial charge in [0.25, 0.3) is 5.91 Å². The molecule has 0 saturated carbocycles. The van der Waals surface area contributed by atoms with E-state index in [2.05, 4.69) is 20.6 Å². The fraction of sp³-hybridized carbons (Fsp3) is 0.0909. The number of nitrogens with one attached hydrogen (secondary N) is 2. The van der Waals surface area contributed by atoms with Crippen LogP contribution in [0.25, 0.3) is 22.7 Å². The number of hydrogen-bond donors (Lipinski definition) is 2. The average Bonchev–Trinajstić information content (AvgIpc) is 3.23. The molecule has 2 aromatic heterocycles. The molecule has 2 N–H and O–H groups in total. The summed E-state index contributed by atoms with van der Waals surface area (Å²) in [6.07, 6.45) is 1.67. The van der Waals surface area contributed by atoms with Gasteiger partial charge in [0.2, 0.25) is 5.89 Å². The fourth-order valence-corrected chi connectivity index (χ4v) is 3.11. The number of thiocarbonyl (C=S) groups is 1. The lowest BCUT2D eigenvalue weighted by atomic mass is 10.2. The van der Waals surface area contributed by atoms with Crippen molar-refractivity contribution in [1.82, 2.24) is 15.3 Å². The number of ether oxygens (including phenoxy) is 2. The number of carbonyl (C=O) groups is 1. The van der Waals surface area contributed by atoms with Gasteiger partial charge in [0.15, 0.2) is 27.8 Å². The molecule has 0 saturated heterocycles. The molecule has 0 aliphatic heterocycles. The third-order valence-corrected chi connectivity index (χ3v) is 4.63. The number of fused-ring (bicyclic) bond motifs is 1. The van der Waals surface area contributed by atoms with Crippen LogP contribution in [-0.2, 0) is 0 Å². The summed E-state index contributed by atoms with van der Waals surface area (Å²) in [5.74, 6) is 1.10. The first-order valence-corrected chi connectivity index (χ1v) is 9.64. The summed E-state index contributed by atoms with van der Waals surface area (Å²) in [6, 6.07) is 15.8. The number of carbonyl (C=O) groups excluding carboxylic acids is 1. The third kappa shape index (κ3) is 4.46. The molecular formula is C22H18N4O4S. The molecule has 4 rings (SSSR count). The summed E-state index contributed by atoms with van der Waals surface area (Å²) in [6.45, 7) is 0. The highest BCUT2D eigenvalue weighted by Crippen LogP contribution is 2.27. The maximum Gasteiger partial charge on any atom is 0.257 e. The van der Waals surface area contributed by atoms with Gasteiger partial charge < -0.3 is 19.2 Å². The molecule has 0 fully saturated rings. The molecule has 0 spiro atoms. The molecule has 0 bridgehead atoms. The van der Waals surface area contributed by atoms with Crippen molar-refractivity contribution >= 4 is 40.2 Å². The minimum Gasteiger partial charge on any atom is -0.493 e. The van der Waals surface area contributed by atoms with Crippen molar-refractivity contribution in [1.29, 1.82) is 0 Å². The second-order valence-electron chi connectivity index (χ2n) is 6.40. The van der Waals surface area contributed by atoms with Crippen LogP contribution in [0.5, 0.6) is 11.5 Å². The minimum absolute atomic E-state index is 0.165. The standard InChI is InChI=1S/C22H18N4O4S/c1-28-16-10-7-14(12-18(16)29-2)20(27)26-22(31)24-15-8-5-13(6-9-15)21-25-19-17(30-21)4-3-11-23-19/h3-12H,1-2H3,(H2,24,26,27,31). The monoisotopic (exact) mass is 434 g/mol. The van der Waals surface area contributed by atoms with Gasteiger partial charge in [0.05, 0.1) is 14.2 Å². The van der Waals surface area contributed by atoms with E-state index in [4.69, 9.17) is 26.1 Å². The van der Waals surface area contributed by atoms with E-state index in [-0.39, 0.29) is 11.0 Å². The maximum absolute atomic E-state index is 12.5. The summed E-state index contributed by atoms with van der Waals surface area (Å²) in [4.78, 5) is 21.0. The lowest BCUT2D eigenvalue weighted by Crippen LogP contribution is -2.34. The average molecular weight is 434 g/mol. The van der Waals surface area contributed by atoms with Gasteiger partial charge in [-0.15, -0.1) is 0 Å². The second kappa shape index (κ2) is 8.80. The number of pyridine rings is 1. The normalized spacial score (nSPS) is 10.5. The highest BCUT2D eigenvalue weighted by Gasteiger charge is 2.13. The van der Waals surface area contributed by atoms with Gasteiger partial charge in [-0.2, -0.15) is 4.98 Å². The van der Waals surface area contributed by atoms with E-state index < -0.39 is 0 Å². The summed E-state index contributed by atoms with van der Waals surface area (Å²) in [5.41, 5.74) is 3.07. The van der Waals surface area contributed by atoms with E-state index in [1.807, 2.05) is 30.3 Å². The Labute approximate surface area is 183 Å². The molecule has 0 unspecified atom stereocenters. The summed E-state index contributed by atoms with van der Waals surface area (Å²) in [5, 5.41) is 5.79. The third-order valence-electron chi connectivity index (χ3n) is 4.43. The number of anilines is 1. The SMILES string of the molecule is COc1ccc(C(=O)NC(=S)Nc2ccc(-c3nc4ncccc4o3)cc2)cc1OC. The zero-order valence-corrected chi connectivity index (χ0v) is 17.5. The van der Waals surface area contributed by atoms with Gasteiger partial charge in [0, 0.05) is 23.0 Å². The number of nitrogens with zero attached hydrogens (tertiary/aromatic N) is 2. The predicted molar refractivity (Wildman–Crippen MR) is 120 cm³/mol. The number of amides is 1. The van der Waals surface area contributed by atoms with E-state index in [1.165, 1.54) is 14.2 Å². The van der Waals surface area contributed by atoms with Gasteiger partial charge in [-0.3, -0.25) is 10.1 Å². The Morgan fingerprint density at radius 1 is 1.03 bits per heavy atom. The van der Waals surface area contributed by atoms with Crippen LogP contribution in [0.4, 0.5) is 5.69 Å². The molecule has 9 heteroatoms. The van der Waals surface area contributed by atoms with E-state index in [0.717, 1.165) is 5.56 Å². The van der Waals surface area contributed by atoms with Gasteiger partial charge >= 0.3 is 0 Å². The topological polar surface area (TPSA) is 98.5 Å². The quantitative estimate of drug-likeness (QED) is 0.454. The molecule has 0 aliphatic rings. The largest absolute Gasteiger partial charge is 0.493 e. The fourth-order valence-electron chi connectivity index (χ4n) is 2.90. The van der Waals surface area contributed by atoms with Gasteiger partial charge in [-0.25, -0.2) is 4.98 Å². The zero-order valence-electron chi connectivity index (χ0n) is 16.7. The van der Waals surface area contributed by atoms with Gasteiger partial charge in [0.1, 0.15) is 0 Å². The van der Waals surface area contributed by atoms with E-state index in [0.29, 0.717) is 39.9 Å². The summed E-state index contributed by atoms with van der Waals surface area (Å²) < 4.78 is 16.1. The van der Waals surface area contributed by atoms with Crippen LogP contribution < -0.4 is 20.1 Å². The van der Waals surface area contributed by atoms with Crippen molar-refractivity contribution in [2.24, 2.45) is 0 Å². The van der Waals surface area contributed by atoms with Crippen molar-refractivity contribution in [3.05, 3.63) is 66.4 Å². The van der Waals surface area contributed by atoms with Crippen molar-refractivity contribution < 1.29 is 18.7 Å². The van der Waals surface area contributed by atoms with Crippen molar-refractivity contribution in [3.63, 3.8) is 0 Å². The number of rotatable bonds is 5. The number of aromatic nitrogens is 2. The smallest absolute Gasteiger partial charge is 0.257 e. The van der Waals surface area contributed by atoms with Crippen LogP contribution in [0.3, 0.4) is 0 Å². The number of methoxy groups -OCH3 is 2. The number of oxazole rings is 1. The van der Waals surface area contributed by atoms with Crippen LogP contribution in [0.15, 0.2) is 65.2 Å². The molecular weight excluding hydrogens is 416 g/mol. The molecule has 2 heterocycles. The lowest BCUT2D eigenvalue weighted by molar-refractivity contribution is 0.0977. The van der Waals surface area contributed by atoms with Crippen molar-refractivity contribution in [3.8, 4) is 23.0 Å². The van der Waals surface area contributed by atoms with Crippen molar-refractivity contribution in [2.75, 3.05) is 19.5 Å². The number of benzene rings is 2. The van der Waals surface area contributed by atoms with Crippen LogP contribution in [0.1, 0.15) is 10.4 Å². The second-order valence-corrected chi connectivity index (χ2v) is 6.81. The van der Waals surface area contributed by atoms with Crippen molar-refractivity contribution in [2.45, 2.75) is 0 Å².